The summed E-state index contributed by atoms with van der Waals surface area (Å²) in [5.74, 6) is -0.0639. The van der Waals surface area contributed by atoms with Crippen molar-refractivity contribution >= 4 is 28.1 Å². The molecule has 0 spiro atoms. The molecule has 0 aliphatic carbocycles. The highest BCUT2D eigenvalue weighted by Gasteiger charge is 2.08. The summed E-state index contributed by atoms with van der Waals surface area (Å²) in [7, 11) is 3.71. The molecule has 0 aliphatic rings. The third-order valence-electron chi connectivity index (χ3n) is 4.18. The Morgan fingerprint density at radius 3 is 2.44 bits per heavy atom. The van der Waals surface area contributed by atoms with E-state index in [0.717, 1.165) is 29.6 Å². The fourth-order valence-electron chi connectivity index (χ4n) is 2.75. The summed E-state index contributed by atoms with van der Waals surface area (Å²) in [4.78, 5) is 18.5. The van der Waals surface area contributed by atoms with Gasteiger partial charge >= 0.3 is 0 Å². The lowest BCUT2D eigenvalue weighted by molar-refractivity contribution is 0.0963. The molecule has 0 saturated heterocycles. The van der Waals surface area contributed by atoms with E-state index in [4.69, 9.17) is 0 Å². The third kappa shape index (κ3) is 5.39. The van der Waals surface area contributed by atoms with E-state index in [0.29, 0.717) is 5.56 Å². The Balaban J connectivity index is 1.55. The molecule has 1 amide bonds. The van der Waals surface area contributed by atoms with Crippen molar-refractivity contribution in [1.29, 1.82) is 0 Å². The van der Waals surface area contributed by atoms with Crippen molar-refractivity contribution in [2.24, 2.45) is 0 Å². The molecule has 2 N–H and O–H groups in total. The smallest absolute Gasteiger partial charge is 0.251 e. The van der Waals surface area contributed by atoms with Crippen LogP contribution in [0, 0.1) is 6.92 Å². The Morgan fingerprint density at radius 2 is 1.78 bits per heavy atom. The van der Waals surface area contributed by atoms with Crippen LogP contribution in [-0.2, 0) is 13.1 Å². The Hall–Kier alpha value is -2.70. The number of hydrogen-bond acceptors (Lipinski definition) is 5. The van der Waals surface area contributed by atoms with Gasteiger partial charge in [0, 0.05) is 36.8 Å². The molecule has 3 rings (SSSR count). The van der Waals surface area contributed by atoms with Gasteiger partial charge in [-0.1, -0.05) is 29.8 Å². The molecule has 5 nitrogen and oxygen atoms in total. The van der Waals surface area contributed by atoms with E-state index in [1.54, 1.807) is 18.4 Å². The minimum Gasteiger partial charge on any atom is -0.355 e. The molecule has 0 atom stereocenters. The summed E-state index contributed by atoms with van der Waals surface area (Å²) < 4.78 is 0. The van der Waals surface area contributed by atoms with E-state index >= 15 is 0 Å². The topological polar surface area (TPSA) is 57.3 Å². The van der Waals surface area contributed by atoms with Gasteiger partial charge in [-0.25, -0.2) is 4.98 Å². The van der Waals surface area contributed by atoms with Gasteiger partial charge in [0.15, 0.2) is 5.13 Å². The lowest BCUT2D eigenvalue weighted by atomic mass is 10.1. The molecule has 0 radical (unpaired) electrons. The number of carbonyl (C=O) groups excluding carboxylic acids is 1. The molecule has 0 unspecified atom stereocenters. The molecule has 2 aromatic carbocycles. The first-order valence-electron chi connectivity index (χ1n) is 8.81. The van der Waals surface area contributed by atoms with Gasteiger partial charge in [-0.2, -0.15) is 0 Å². The number of rotatable bonds is 7. The van der Waals surface area contributed by atoms with Crippen molar-refractivity contribution in [3.8, 4) is 0 Å². The highest BCUT2D eigenvalue weighted by atomic mass is 32.1. The van der Waals surface area contributed by atoms with Crippen molar-refractivity contribution < 1.29 is 4.79 Å². The molecular formula is C21H24N4OS. The number of aryl methyl sites for hydroxylation is 1. The van der Waals surface area contributed by atoms with E-state index in [2.05, 4.69) is 64.1 Å². The first-order chi connectivity index (χ1) is 13.0. The Bertz CT molecular complexity index is 887. The number of amides is 1. The van der Waals surface area contributed by atoms with Crippen LogP contribution in [0.15, 0.2) is 53.9 Å². The van der Waals surface area contributed by atoms with Gasteiger partial charge in [0.1, 0.15) is 0 Å². The number of nitrogens with one attached hydrogen (secondary N) is 2. The van der Waals surface area contributed by atoms with Crippen LogP contribution in [0.25, 0.3) is 0 Å². The number of aromatic nitrogens is 1. The summed E-state index contributed by atoms with van der Waals surface area (Å²) in [5.41, 5.74) is 5.17. The van der Waals surface area contributed by atoms with Crippen LogP contribution in [0.1, 0.15) is 27.2 Å². The summed E-state index contributed by atoms with van der Waals surface area (Å²) in [6, 6.07) is 16.0. The second-order valence-electron chi connectivity index (χ2n) is 6.58. The molecule has 0 saturated carbocycles. The largest absolute Gasteiger partial charge is 0.355 e. The standard InChI is InChI=1S/C21H24N4OS/c1-15-4-10-18(11-5-15)23-21-24-19(14-27-21)13-25(3)12-16-6-8-17(9-7-16)20(26)22-2/h4-11,14H,12-13H2,1-3H3,(H,22,26)(H,23,24). The molecule has 1 aromatic heterocycles. The Labute approximate surface area is 164 Å². The maximum atomic E-state index is 11.6. The zero-order valence-corrected chi connectivity index (χ0v) is 16.6. The van der Waals surface area contributed by atoms with E-state index in [1.807, 2.05) is 24.3 Å². The number of carbonyl (C=O) groups is 1. The van der Waals surface area contributed by atoms with Gasteiger partial charge in [-0.05, 0) is 43.8 Å². The van der Waals surface area contributed by atoms with Crippen molar-refractivity contribution in [2.45, 2.75) is 20.0 Å². The van der Waals surface area contributed by atoms with Crippen LogP contribution in [0.5, 0.6) is 0 Å². The minimum absolute atomic E-state index is 0.0639. The van der Waals surface area contributed by atoms with Gasteiger partial charge in [0.2, 0.25) is 0 Å². The first kappa shape index (κ1) is 19.1. The van der Waals surface area contributed by atoms with Crippen molar-refractivity contribution in [3.63, 3.8) is 0 Å². The maximum absolute atomic E-state index is 11.6. The van der Waals surface area contributed by atoms with E-state index < -0.39 is 0 Å². The molecule has 1 heterocycles. The number of anilines is 2. The number of thiazole rings is 1. The Kier molecular flexibility index (Phi) is 6.21. The second kappa shape index (κ2) is 8.79. The monoisotopic (exact) mass is 380 g/mol. The molecular weight excluding hydrogens is 356 g/mol. The van der Waals surface area contributed by atoms with Gasteiger partial charge in [0.25, 0.3) is 5.91 Å². The number of benzene rings is 2. The zero-order valence-electron chi connectivity index (χ0n) is 15.8. The average molecular weight is 381 g/mol. The van der Waals surface area contributed by atoms with Crippen molar-refractivity contribution in [3.05, 3.63) is 76.3 Å². The SMILES string of the molecule is CNC(=O)c1ccc(CN(C)Cc2csc(Nc3ccc(C)cc3)n2)cc1. The predicted octanol–water partition coefficient (Wildman–Crippen LogP) is 4.19. The molecule has 3 aromatic rings. The molecule has 0 bridgehead atoms. The van der Waals surface area contributed by atoms with Gasteiger partial charge < -0.3 is 10.6 Å². The van der Waals surface area contributed by atoms with Gasteiger partial charge in [0.05, 0.1) is 5.69 Å². The number of nitrogens with zero attached hydrogens (tertiary/aromatic N) is 2. The van der Waals surface area contributed by atoms with Crippen LogP contribution in [0.3, 0.4) is 0 Å². The molecule has 6 heteroatoms. The quantitative estimate of drug-likeness (QED) is 0.645. The first-order valence-corrected chi connectivity index (χ1v) is 9.69. The highest BCUT2D eigenvalue weighted by Crippen LogP contribution is 2.22. The molecule has 0 fully saturated rings. The van der Waals surface area contributed by atoms with Gasteiger partial charge in [-0.15, -0.1) is 11.3 Å². The number of hydrogen-bond donors (Lipinski definition) is 2. The normalized spacial score (nSPS) is 10.8. The molecule has 0 aliphatic heterocycles. The van der Waals surface area contributed by atoms with Crippen LogP contribution in [0.2, 0.25) is 0 Å². The summed E-state index contributed by atoms with van der Waals surface area (Å²) in [6.07, 6.45) is 0. The van der Waals surface area contributed by atoms with E-state index in [9.17, 15) is 4.79 Å². The van der Waals surface area contributed by atoms with Crippen molar-refractivity contribution in [2.75, 3.05) is 19.4 Å². The van der Waals surface area contributed by atoms with Crippen LogP contribution < -0.4 is 10.6 Å². The molecule has 27 heavy (non-hydrogen) atoms. The fraction of sp³-hybridized carbons (Fsp3) is 0.238. The fourth-order valence-corrected chi connectivity index (χ4v) is 3.47. The second-order valence-corrected chi connectivity index (χ2v) is 7.44. The van der Waals surface area contributed by atoms with Gasteiger partial charge in [-0.3, -0.25) is 9.69 Å². The van der Waals surface area contributed by atoms with Crippen LogP contribution in [0.4, 0.5) is 10.8 Å². The summed E-state index contributed by atoms with van der Waals surface area (Å²) >= 11 is 1.61. The molecule has 140 valence electrons. The van der Waals surface area contributed by atoms with Crippen molar-refractivity contribution in [1.82, 2.24) is 15.2 Å². The average Bonchev–Trinajstić information content (AvgIpc) is 3.10. The maximum Gasteiger partial charge on any atom is 0.251 e. The highest BCUT2D eigenvalue weighted by molar-refractivity contribution is 7.13. The van der Waals surface area contributed by atoms with Crippen LogP contribution in [-0.4, -0.2) is 29.9 Å². The Morgan fingerprint density at radius 1 is 1.07 bits per heavy atom. The van der Waals surface area contributed by atoms with E-state index in [1.165, 1.54) is 11.1 Å². The van der Waals surface area contributed by atoms with Crippen LogP contribution >= 0.6 is 11.3 Å². The lowest BCUT2D eigenvalue weighted by Crippen LogP contribution is -2.19. The minimum atomic E-state index is -0.0639. The summed E-state index contributed by atoms with van der Waals surface area (Å²) in [5, 5.41) is 8.97. The third-order valence-corrected chi connectivity index (χ3v) is 4.99. The predicted molar refractivity (Wildman–Crippen MR) is 112 cm³/mol. The lowest BCUT2D eigenvalue weighted by Gasteiger charge is -2.15. The van der Waals surface area contributed by atoms with E-state index in [-0.39, 0.29) is 5.91 Å². The zero-order chi connectivity index (χ0) is 19.2. The summed E-state index contributed by atoms with van der Waals surface area (Å²) in [6.45, 7) is 3.64.